The molecule has 1 aliphatic heterocycles. The van der Waals surface area contributed by atoms with Crippen molar-refractivity contribution >= 4 is 28.9 Å². The number of carbonyl (C=O) groups is 1. The van der Waals surface area contributed by atoms with E-state index in [4.69, 9.17) is 11.6 Å². The lowest BCUT2D eigenvalue weighted by Crippen LogP contribution is -2.49. The van der Waals surface area contributed by atoms with Crippen molar-refractivity contribution in [2.45, 2.75) is 13.3 Å². The largest absolute Gasteiger partial charge is 0.362 e. The molecule has 0 atom stereocenters. The van der Waals surface area contributed by atoms with Gasteiger partial charge in [-0.2, -0.15) is 5.10 Å². The molecule has 0 spiro atoms. The van der Waals surface area contributed by atoms with Crippen LogP contribution in [0.15, 0.2) is 54.7 Å². The van der Waals surface area contributed by atoms with Crippen LogP contribution in [0.1, 0.15) is 23.0 Å². The van der Waals surface area contributed by atoms with E-state index in [1.54, 1.807) is 27.9 Å². The van der Waals surface area contributed by atoms with Crippen LogP contribution >= 0.6 is 11.6 Å². The summed E-state index contributed by atoms with van der Waals surface area (Å²) >= 11 is 5.92. The second-order valence-electron chi connectivity index (χ2n) is 7.28. The minimum absolute atomic E-state index is 0.0234. The van der Waals surface area contributed by atoms with Crippen LogP contribution in [0.3, 0.4) is 0 Å². The number of nitro benzene ring substituents is 1. The number of anilines is 1. The van der Waals surface area contributed by atoms with Gasteiger partial charge in [-0.25, -0.2) is 4.68 Å². The fourth-order valence-electron chi connectivity index (χ4n) is 3.92. The van der Waals surface area contributed by atoms with Gasteiger partial charge in [-0.1, -0.05) is 36.7 Å². The lowest BCUT2D eigenvalue weighted by molar-refractivity contribution is -0.384. The molecule has 0 N–H and O–H groups in total. The molecule has 160 valence electrons. The molecular weight excluding hydrogens is 418 g/mol. The highest BCUT2D eigenvalue weighted by Gasteiger charge is 2.28. The molecule has 1 amide bonds. The van der Waals surface area contributed by atoms with Gasteiger partial charge in [-0.3, -0.25) is 14.9 Å². The lowest BCUT2D eigenvalue weighted by Gasteiger charge is -2.35. The van der Waals surface area contributed by atoms with Gasteiger partial charge in [0.05, 0.1) is 28.1 Å². The quantitative estimate of drug-likeness (QED) is 0.443. The van der Waals surface area contributed by atoms with Crippen LogP contribution in [-0.2, 0) is 6.42 Å². The Morgan fingerprint density at radius 2 is 1.84 bits per heavy atom. The molecule has 1 aliphatic rings. The summed E-state index contributed by atoms with van der Waals surface area (Å²) in [6.07, 6.45) is 2.30. The fourth-order valence-corrected chi connectivity index (χ4v) is 4.08. The highest BCUT2D eigenvalue weighted by Crippen LogP contribution is 2.32. The number of hydrogen-bond donors (Lipinski definition) is 0. The summed E-state index contributed by atoms with van der Waals surface area (Å²) in [6.45, 7) is 3.95. The normalized spacial score (nSPS) is 14.0. The molecule has 9 heteroatoms. The third kappa shape index (κ3) is 4.11. The molecule has 2 aromatic carbocycles. The monoisotopic (exact) mass is 439 g/mol. The molecule has 0 bridgehead atoms. The number of nitrogens with zero attached hydrogens (tertiary/aromatic N) is 5. The molecule has 8 nitrogen and oxygen atoms in total. The minimum atomic E-state index is -0.426. The Balaban J connectivity index is 1.51. The summed E-state index contributed by atoms with van der Waals surface area (Å²) in [4.78, 5) is 27.9. The van der Waals surface area contributed by atoms with E-state index in [0.717, 1.165) is 11.4 Å². The zero-order valence-electron chi connectivity index (χ0n) is 17.1. The van der Waals surface area contributed by atoms with Crippen molar-refractivity contribution in [3.05, 3.63) is 81.1 Å². The number of halogens is 1. The average molecular weight is 440 g/mol. The van der Waals surface area contributed by atoms with Gasteiger partial charge in [0.1, 0.15) is 5.69 Å². The number of piperazine rings is 1. The van der Waals surface area contributed by atoms with Crippen molar-refractivity contribution in [1.82, 2.24) is 14.7 Å². The number of para-hydroxylation sites is 1. The zero-order valence-corrected chi connectivity index (χ0v) is 17.8. The standard InChI is InChI=1S/C22H22ClN5O3/c1-2-19-18(15-24-27(19)17-6-4-3-5-7-17)22(29)26-12-10-25(11-13-26)20-9-8-16(23)14-21(20)28(30)31/h3-9,14-15H,2,10-13H2,1H3. The second-order valence-corrected chi connectivity index (χ2v) is 7.71. The van der Waals surface area contributed by atoms with Crippen molar-refractivity contribution in [3.63, 3.8) is 0 Å². The number of rotatable bonds is 5. The summed E-state index contributed by atoms with van der Waals surface area (Å²) in [5.74, 6) is -0.0655. The molecule has 0 aliphatic carbocycles. The SMILES string of the molecule is CCc1c(C(=O)N2CCN(c3ccc(Cl)cc3[N+](=O)[O-])CC2)cnn1-c1ccccc1. The highest BCUT2D eigenvalue weighted by atomic mass is 35.5. The number of benzene rings is 2. The van der Waals surface area contributed by atoms with E-state index in [0.29, 0.717) is 48.9 Å². The van der Waals surface area contributed by atoms with Crippen LogP contribution in [-0.4, -0.2) is 51.7 Å². The Labute approximate surface area is 184 Å². The van der Waals surface area contributed by atoms with E-state index in [1.807, 2.05) is 42.2 Å². The van der Waals surface area contributed by atoms with E-state index in [9.17, 15) is 14.9 Å². The van der Waals surface area contributed by atoms with Crippen molar-refractivity contribution in [1.29, 1.82) is 0 Å². The average Bonchev–Trinajstić information content (AvgIpc) is 3.23. The number of carbonyl (C=O) groups excluding carboxylic acids is 1. The van der Waals surface area contributed by atoms with Crippen molar-refractivity contribution in [2.75, 3.05) is 31.1 Å². The van der Waals surface area contributed by atoms with Gasteiger partial charge in [-0.15, -0.1) is 0 Å². The third-order valence-electron chi connectivity index (χ3n) is 5.48. The van der Waals surface area contributed by atoms with Gasteiger partial charge in [0.2, 0.25) is 0 Å². The first kappa shape index (κ1) is 20.9. The molecular formula is C22H22ClN5O3. The molecule has 0 saturated carbocycles. The minimum Gasteiger partial charge on any atom is -0.362 e. The molecule has 4 rings (SSSR count). The van der Waals surface area contributed by atoms with Crippen LogP contribution in [0.2, 0.25) is 5.02 Å². The Bertz CT molecular complexity index is 1110. The zero-order chi connectivity index (χ0) is 22.0. The van der Waals surface area contributed by atoms with Gasteiger partial charge < -0.3 is 9.80 Å². The van der Waals surface area contributed by atoms with Crippen LogP contribution in [0, 0.1) is 10.1 Å². The molecule has 2 heterocycles. The maximum Gasteiger partial charge on any atom is 0.294 e. The van der Waals surface area contributed by atoms with Crippen molar-refractivity contribution < 1.29 is 9.72 Å². The first-order valence-corrected chi connectivity index (χ1v) is 10.5. The van der Waals surface area contributed by atoms with Crippen molar-refractivity contribution in [2.24, 2.45) is 0 Å². The summed E-state index contributed by atoms with van der Waals surface area (Å²) in [5.41, 5.74) is 2.87. The highest BCUT2D eigenvalue weighted by molar-refractivity contribution is 6.30. The van der Waals surface area contributed by atoms with Gasteiger partial charge in [0, 0.05) is 37.3 Å². The Kier molecular flexibility index (Phi) is 5.90. The smallest absolute Gasteiger partial charge is 0.294 e. The van der Waals surface area contributed by atoms with Crippen LogP contribution in [0.5, 0.6) is 0 Å². The lowest BCUT2D eigenvalue weighted by atomic mass is 10.1. The van der Waals surface area contributed by atoms with Crippen LogP contribution in [0.4, 0.5) is 11.4 Å². The molecule has 31 heavy (non-hydrogen) atoms. The van der Waals surface area contributed by atoms with Crippen LogP contribution in [0.25, 0.3) is 5.69 Å². The predicted octanol–water partition coefficient (Wildman–Crippen LogP) is 3.96. The fraction of sp³-hybridized carbons (Fsp3) is 0.273. The molecule has 0 radical (unpaired) electrons. The van der Waals surface area contributed by atoms with E-state index in [-0.39, 0.29) is 11.6 Å². The van der Waals surface area contributed by atoms with Crippen LogP contribution < -0.4 is 4.90 Å². The maximum absolute atomic E-state index is 13.2. The van der Waals surface area contributed by atoms with Crippen molar-refractivity contribution in [3.8, 4) is 5.69 Å². The first-order valence-electron chi connectivity index (χ1n) is 10.1. The summed E-state index contributed by atoms with van der Waals surface area (Å²) < 4.78 is 1.81. The Morgan fingerprint density at radius 1 is 1.13 bits per heavy atom. The van der Waals surface area contributed by atoms with Gasteiger partial charge >= 0.3 is 0 Å². The molecule has 0 unspecified atom stereocenters. The van der Waals surface area contributed by atoms with Gasteiger partial charge in [0.15, 0.2) is 0 Å². The van der Waals surface area contributed by atoms with Gasteiger partial charge in [0.25, 0.3) is 11.6 Å². The summed E-state index contributed by atoms with van der Waals surface area (Å²) in [6, 6.07) is 14.4. The second kappa shape index (κ2) is 8.77. The summed E-state index contributed by atoms with van der Waals surface area (Å²) in [5, 5.41) is 16.2. The third-order valence-corrected chi connectivity index (χ3v) is 5.71. The van der Waals surface area contributed by atoms with E-state index in [1.165, 1.54) is 6.07 Å². The number of nitro groups is 1. The Hall–Kier alpha value is -3.39. The molecule has 3 aromatic rings. The van der Waals surface area contributed by atoms with E-state index >= 15 is 0 Å². The Morgan fingerprint density at radius 3 is 2.48 bits per heavy atom. The van der Waals surface area contributed by atoms with Gasteiger partial charge in [-0.05, 0) is 30.7 Å². The van der Waals surface area contributed by atoms with E-state index < -0.39 is 4.92 Å². The van der Waals surface area contributed by atoms with E-state index in [2.05, 4.69) is 5.10 Å². The number of amides is 1. The first-order chi connectivity index (χ1) is 15.0. The molecule has 1 aromatic heterocycles. The predicted molar refractivity (Wildman–Crippen MR) is 119 cm³/mol. The molecule has 1 fully saturated rings. The molecule has 1 saturated heterocycles. The number of hydrogen-bond acceptors (Lipinski definition) is 5. The maximum atomic E-state index is 13.2. The number of aromatic nitrogens is 2. The topological polar surface area (TPSA) is 84.5 Å². The summed E-state index contributed by atoms with van der Waals surface area (Å²) in [7, 11) is 0.